The topological polar surface area (TPSA) is 9.23 Å². The van der Waals surface area contributed by atoms with Crippen LogP contribution >= 0.6 is 0 Å². The fourth-order valence-corrected chi connectivity index (χ4v) is 1.10. The normalized spacial score (nSPS) is 15.4. The van der Waals surface area contributed by atoms with Gasteiger partial charge in [0.2, 0.25) is 0 Å². The Morgan fingerprint density at radius 2 is 1.93 bits per heavy atom. The van der Waals surface area contributed by atoms with Crippen LogP contribution in [0.1, 0.15) is 41.0 Å². The Hall–Kier alpha value is -0.560. The van der Waals surface area contributed by atoms with Crippen molar-refractivity contribution in [1.29, 1.82) is 0 Å². The minimum absolute atomic E-state index is 0.324. The van der Waals surface area contributed by atoms with Gasteiger partial charge in [-0.1, -0.05) is 30.7 Å². The average Bonchev–Trinajstić information content (AvgIpc) is 2.13. The van der Waals surface area contributed by atoms with Gasteiger partial charge in [-0.15, -0.1) is 0 Å². The monoisotopic (exact) mass is 196 g/mol. The van der Waals surface area contributed by atoms with E-state index in [4.69, 9.17) is 4.74 Å². The van der Waals surface area contributed by atoms with Crippen LogP contribution in [0.4, 0.5) is 0 Å². The molecule has 0 aliphatic rings. The average molecular weight is 196 g/mol. The summed E-state index contributed by atoms with van der Waals surface area (Å²) in [6, 6.07) is 0. The van der Waals surface area contributed by atoms with Crippen molar-refractivity contribution in [2.75, 3.05) is 6.61 Å². The molecule has 0 rings (SSSR count). The smallest absolute Gasteiger partial charge is 0.0653 e. The summed E-state index contributed by atoms with van der Waals surface area (Å²) in [7, 11) is 0. The Bertz CT molecular complexity index is 189. The van der Waals surface area contributed by atoms with Crippen LogP contribution in [0.25, 0.3) is 0 Å². The molecule has 0 saturated heterocycles. The summed E-state index contributed by atoms with van der Waals surface area (Å²) in [4.78, 5) is 0. The van der Waals surface area contributed by atoms with Crippen LogP contribution < -0.4 is 0 Å². The lowest BCUT2D eigenvalue weighted by Gasteiger charge is -2.10. The van der Waals surface area contributed by atoms with Crippen molar-refractivity contribution in [3.05, 3.63) is 23.8 Å². The molecule has 1 atom stereocenters. The molecule has 0 heterocycles. The predicted molar refractivity (Wildman–Crippen MR) is 63.4 cm³/mol. The fraction of sp³-hybridized carbons (Fsp3) is 0.692. The molecule has 0 bridgehead atoms. The maximum atomic E-state index is 5.47. The minimum Gasteiger partial charge on any atom is -0.375 e. The fourth-order valence-electron chi connectivity index (χ4n) is 1.10. The molecule has 82 valence electrons. The molecule has 14 heavy (non-hydrogen) atoms. The second-order valence-corrected chi connectivity index (χ2v) is 4.04. The molecule has 0 aromatic carbocycles. The number of hydrogen-bond acceptors (Lipinski definition) is 1. The van der Waals surface area contributed by atoms with E-state index in [1.165, 1.54) is 5.57 Å². The molecular weight excluding hydrogens is 172 g/mol. The van der Waals surface area contributed by atoms with E-state index in [9.17, 15) is 0 Å². The molecule has 0 fully saturated rings. The van der Waals surface area contributed by atoms with E-state index in [0.717, 1.165) is 13.0 Å². The molecule has 0 aromatic heterocycles. The highest BCUT2D eigenvalue weighted by Gasteiger charge is 2.01. The molecule has 0 aromatic rings. The maximum Gasteiger partial charge on any atom is 0.0653 e. The zero-order valence-electron chi connectivity index (χ0n) is 10.2. The van der Waals surface area contributed by atoms with Gasteiger partial charge in [0.25, 0.3) is 0 Å². The number of rotatable bonds is 6. The second-order valence-electron chi connectivity index (χ2n) is 4.04. The van der Waals surface area contributed by atoms with Crippen molar-refractivity contribution in [2.45, 2.75) is 47.1 Å². The summed E-state index contributed by atoms with van der Waals surface area (Å²) in [5.74, 6) is 0.627. The Balaban J connectivity index is 3.84. The maximum absolute atomic E-state index is 5.47. The van der Waals surface area contributed by atoms with Gasteiger partial charge in [0, 0.05) is 0 Å². The summed E-state index contributed by atoms with van der Waals surface area (Å²) in [6.45, 7) is 11.4. The molecular formula is C13H24O. The lowest BCUT2D eigenvalue weighted by Crippen LogP contribution is -2.03. The quantitative estimate of drug-likeness (QED) is 0.584. The van der Waals surface area contributed by atoms with Gasteiger partial charge in [0.05, 0.1) is 12.7 Å². The summed E-state index contributed by atoms with van der Waals surface area (Å²) in [6.07, 6.45) is 7.96. The van der Waals surface area contributed by atoms with E-state index in [1.807, 2.05) is 0 Å². The van der Waals surface area contributed by atoms with E-state index < -0.39 is 0 Å². The summed E-state index contributed by atoms with van der Waals surface area (Å²) >= 11 is 0. The van der Waals surface area contributed by atoms with E-state index in [1.54, 1.807) is 0 Å². The minimum atomic E-state index is 0.324. The van der Waals surface area contributed by atoms with E-state index in [-0.39, 0.29) is 0 Å². The number of hydrogen-bond donors (Lipinski definition) is 0. The summed E-state index contributed by atoms with van der Waals surface area (Å²) in [5.41, 5.74) is 1.42. The number of ether oxygens (including phenoxy) is 1. The van der Waals surface area contributed by atoms with Crippen molar-refractivity contribution < 1.29 is 4.74 Å². The lowest BCUT2D eigenvalue weighted by molar-refractivity contribution is 0.102. The van der Waals surface area contributed by atoms with Crippen LogP contribution in [-0.2, 0) is 4.74 Å². The Morgan fingerprint density at radius 3 is 2.43 bits per heavy atom. The van der Waals surface area contributed by atoms with Crippen LogP contribution in [0.15, 0.2) is 23.8 Å². The van der Waals surface area contributed by atoms with Gasteiger partial charge in [0.1, 0.15) is 0 Å². The van der Waals surface area contributed by atoms with Gasteiger partial charge in [0.15, 0.2) is 0 Å². The zero-order valence-corrected chi connectivity index (χ0v) is 10.2. The molecule has 0 spiro atoms. The highest BCUT2D eigenvalue weighted by Crippen LogP contribution is 2.14. The molecule has 0 N–H and O–H groups in total. The zero-order chi connectivity index (χ0) is 11.0. The third-order valence-electron chi connectivity index (χ3n) is 2.34. The van der Waals surface area contributed by atoms with Gasteiger partial charge >= 0.3 is 0 Å². The van der Waals surface area contributed by atoms with Crippen LogP contribution in [-0.4, -0.2) is 12.7 Å². The van der Waals surface area contributed by atoms with Gasteiger partial charge in [-0.05, 0) is 40.0 Å². The van der Waals surface area contributed by atoms with Crippen molar-refractivity contribution in [3.8, 4) is 0 Å². The first-order valence-electron chi connectivity index (χ1n) is 5.47. The first-order valence-corrected chi connectivity index (χ1v) is 5.47. The first-order chi connectivity index (χ1) is 6.57. The first kappa shape index (κ1) is 13.4. The molecule has 0 amide bonds. The molecule has 0 saturated carbocycles. The second kappa shape index (κ2) is 7.81. The van der Waals surface area contributed by atoms with Crippen molar-refractivity contribution in [2.24, 2.45) is 5.92 Å². The highest BCUT2D eigenvalue weighted by atomic mass is 16.5. The molecule has 1 heteroatoms. The van der Waals surface area contributed by atoms with Crippen LogP contribution in [0.2, 0.25) is 0 Å². The van der Waals surface area contributed by atoms with Gasteiger partial charge < -0.3 is 4.74 Å². The predicted octanol–water partition coefficient (Wildman–Crippen LogP) is 3.96. The van der Waals surface area contributed by atoms with E-state index in [0.29, 0.717) is 12.0 Å². The molecule has 1 nitrogen and oxygen atoms in total. The Kier molecular flexibility index (Phi) is 7.50. The van der Waals surface area contributed by atoms with Gasteiger partial charge in [-0.2, -0.15) is 0 Å². The van der Waals surface area contributed by atoms with Gasteiger partial charge in [-0.25, -0.2) is 0 Å². The summed E-state index contributed by atoms with van der Waals surface area (Å²) in [5, 5.41) is 0. The van der Waals surface area contributed by atoms with Crippen LogP contribution in [0.3, 0.4) is 0 Å². The molecule has 1 unspecified atom stereocenters. The molecule has 0 aliphatic heterocycles. The largest absolute Gasteiger partial charge is 0.375 e. The van der Waals surface area contributed by atoms with Crippen molar-refractivity contribution >= 4 is 0 Å². The number of allylic oxidation sites excluding steroid dienone is 3. The van der Waals surface area contributed by atoms with Gasteiger partial charge in [-0.3, -0.25) is 0 Å². The Morgan fingerprint density at radius 1 is 1.29 bits per heavy atom. The Labute approximate surface area is 88.9 Å². The summed E-state index contributed by atoms with van der Waals surface area (Å²) < 4.78 is 5.47. The third-order valence-corrected chi connectivity index (χ3v) is 2.34. The van der Waals surface area contributed by atoms with E-state index >= 15 is 0 Å². The van der Waals surface area contributed by atoms with Crippen molar-refractivity contribution in [1.82, 2.24) is 0 Å². The SMILES string of the molecule is C/C=C\CC(C)/C(C)=C/COC(C)C. The molecule has 0 aliphatic carbocycles. The van der Waals surface area contributed by atoms with Crippen LogP contribution in [0.5, 0.6) is 0 Å². The molecule has 0 radical (unpaired) electrons. The van der Waals surface area contributed by atoms with Crippen LogP contribution in [0, 0.1) is 5.92 Å². The van der Waals surface area contributed by atoms with E-state index in [2.05, 4.69) is 52.8 Å². The highest BCUT2D eigenvalue weighted by molar-refractivity contribution is 5.04. The third kappa shape index (κ3) is 6.90. The lowest BCUT2D eigenvalue weighted by atomic mass is 9.99. The standard InChI is InChI=1S/C13H24O/c1-6-7-8-12(4)13(5)9-10-14-11(2)3/h6-7,9,11-12H,8,10H2,1-5H3/b7-6-,13-9+. The van der Waals surface area contributed by atoms with Crippen molar-refractivity contribution in [3.63, 3.8) is 0 Å².